The minimum absolute atomic E-state index is 0.0406. The molecule has 1 unspecified atom stereocenters. The molecule has 0 aromatic heterocycles. The zero-order valence-electron chi connectivity index (χ0n) is 17.7. The molecule has 2 heterocycles. The van der Waals surface area contributed by atoms with Crippen LogP contribution in [0.2, 0.25) is 0 Å². The minimum Gasteiger partial charge on any atom is -0.455 e. The van der Waals surface area contributed by atoms with E-state index in [1.54, 1.807) is 48.5 Å². The molecule has 0 radical (unpaired) electrons. The molecule has 1 atom stereocenters. The average Bonchev–Trinajstić information content (AvgIpc) is 3.05. The molecule has 2 amide bonds. The lowest BCUT2D eigenvalue weighted by molar-refractivity contribution is 0.00477. The summed E-state index contributed by atoms with van der Waals surface area (Å²) in [6.45, 7) is 7.27. The zero-order valence-corrected chi connectivity index (χ0v) is 17.7. The van der Waals surface area contributed by atoms with Gasteiger partial charge in [0.2, 0.25) is 0 Å². The maximum Gasteiger partial charge on any atom is 0.338 e. The highest BCUT2D eigenvalue weighted by Crippen LogP contribution is 2.23. The fraction of sp³-hybridized carbons (Fsp3) is 0.375. The van der Waals surface area contributed by atoms with E-state index in [9.17, 15) is 14.4 Å². The molecule has 0 spiro atoms. The number of carbonyl (C=O) groups is 3. The molecule has 0 bridgehead atoms. The van der Waals surface area contributed by atoms with E-state index < -0.39 is 12.1 Å². The molecule has 0 aliphatic carbocycles. The largest absolute Gasteiger partial charge is 0.455 e. The van der Waals surface area contributed by atoms with E-state index in [4.69, 9.17) is 4.74 Å². The Hall–Kier alpha value is -3.03. The van der Waals surface area contributed by atoms with Gasteiger partial charge in [0.25, 0.3) is 11.8 Å². The summed E-state index contributed by atoms with van der Waals surface area (Å²) < 4.78 is 5.81. The number of hydrogen-bond donors (Lipinski definition) is 0. The van der Waals surface area contributed by atoms with Crippen molar-refractivity contribution in [2.45, 2.75) is 13.0 Å². The Balaban J connectivity index is 1.49. The Morgan fingerprint density at radius 3 is 1.97 bits per heavy atom. The first-order valence-electron chi connectivity index (χ1n) is 10.7. The van der Waals surface area contributed by atoms with Crippen molar-refractivity contribution < 1.29 is 19.1 Å². The van der Waals surface area contributed by atoms with Gasteiger partial charge in [0.15, 0.2) is 0 Å². The van der Waals surface area contributed by atoms with Gasteiger partial charge in [0.05, 0.1) is 23.2 Å². The lowest BCUT2D eigenvalue weighted by Gasteiger charge is -2.36. The standard InChI is InChI=1S/C24H27N3O4/c1-2-25-12-14-26(15-13-25)16-19(31-24(30)18-8-4-3-5-9-18)17-27-22(28)20-10-6-7-11-21(20)23(27)29/h3-11,19H,2,12-17H2,1H3. The van der Waals surface area contributed by atoms with Crippen molar-refractivity contribution in [3.8, 4) is 0 Å². The van der Waals surface area contributed by atoms with Gasteiger partial charge in [-0.05, 0) is 30.8 Å². The van der Waals surface area contributed by atoms with Crippen LogP contribution < -0.4 is 0 Å². The lowest BCUT2D eigenvalue weighted by Crippen LogP contribution is -2.51. The highest BCUT2D eigenvalue weighted by molar-refractivity contribution is 6.21. The number of esters is 1. The van der Waals surface area contributed by atoms with Gasteiger partial charge in [0.1, 0.15) is 6.10 Å². The van der Waals surface area contributed by atoms with E-state index in [1.165, 1.54) is 4.90 Å². The molecular weight excluding hydrogens is 394 g/mol. The normalized spacial score (nSPS) is 18.2. The second-order valence-electron chi connectivity index (χ2n) is 7.89. The maximum atomic E-state index is 12.8. The van der Waals surface area contributed by atoms with Crippen LogP contribution in [0.4, 0.5) is 0 Å². The van der Waals surface area contributed by atoms with E-state index in [2.05, 4.69) is 16.7 Å². The first-order chi connectivity index (χ1) is 15.1. The van der Waals surface area contributed by atoms with E-state index in [1.807, 2.05) is 6.07 Å². The Labute approximate surface area is 182 Å². The zero-order chi connectivity index (χ0) is 21.8. The van der Waals surface area contributed by atoms with Crippen LogP contribution in [0.3, 0.4) is 0 Å². The molecule has 0 N–H and O–H groups in total. The molecule has 7 heteroatoms. The third-order valence-electron chi connectivity index (χ3n) is 5.92. The summed E-state index contributed by atoms with van der Waals surface area (Å²) in [7, 11) is 0. The van der Waals surface area contributed by atoms with Crippen molar-refractivity contribution in [3.05, 3.63) is 71.3 Å². The number of amides is 2. The molecular formula is C24H27N3O4. The number of likely N-dealkylation sites (N-methyl/N-ethyl adjacent to an activating group) is 1. The first-order valence-corrected chi connectivity index (χ1v) is 10.7. The Bertz CT molecular complexity index is 919. The summed E-state index contributed by atoms with van der Waals surface area (Å²) in [5.74, 6) is -1.12. The molecule has 4 rings (SSSR count). The molecule has 1 fully saturated rings. The number of piperazine rings is 1. The number of rotatable bonds is 7. The van der Waals surface area contributed by atoms with E-state index >= 15 is 0 Å². The first kappa shape index (κ1) is 21.2. The fourth-order valence-electron chi connectivity index (χ4n) is 4.11. The summed E-state index contributed by atoms with van der Waals surface area (Å²) in [5, 5.41) is 0. The number of fused-ring (bicyclic) bond motifs is 1. The highest BCUT2D eigenvalue weighted by atomic mass is 16.5. The number of imide groups is 1. The van der Waals surface area contributed by atoms with Crippen molar-refractivity contribution in [1.82, 2.24) is 14.7 Å². The summed E-state index contributed by atoms with van der Waals surface area (Å²) in [6, 6.07) is 15.6. The molecule has 162 valence electrons. The maximum absolute atomic E-state index is 12.8. The average molecular weight is 421 g/mol. The monoisotopic (exact) mass is 421 g/mol. The van der Waals surface area contributed by atoms with Crippen LogP contribution in [-0.2, 0) is 4.74 Å². The summed E-state index contributed by atoms with van der Waals surface area (Å²) in [6.07, 6.45) is -0.608. The van der Waals surface area contributed by atoms with E-state index in [0.717, 1.165) is 32.7 Å². The van der Waals surface area contributed by atoms with Gasteiger partial charge in [0, 0.05) is 32.7 Å². The Kier molecular flexibility index (Phi) is 6.44. The molecule has 1 saturated heterocycles. The van der Waals surface area contributed by atoms with Crippen LogP contribution in [0.5, 0.6) is 0 Å². The molecule has 2 aromatic rings. The van der Waals surface area contributed by atoms with Crippen LogP contribution in [0.25, 0.3) is 0 Å². The quantitative estimate of drug-likeness (QED) is 0.504. The number of ether oxygens (including phenoxy) is 1. The third-order valence-corrected chi connectivity index (χ3v) is 5.92. The minimum atomic E-state index is -0.608. The number of hydrogen-bond acceptors (Lipinski definition) is 6. The van der Waals surface area contributed by atoms with Crippen molar-refractivity contribution in [3.63, 3.8) is 0 Å². The summed E-state index contributed by atoms with van der Waals surface area (Å²) in [5.41, 5.74) is 1.25. The van der Waals surface area contributed by atoms with Gasteiger partial charge in [-0.1, -0.05) is 37.3 Å². The SMILES string of the molecule is CCN1CCN(CC(CN2C(=O)c3ccccc3C2=O)OC(=O)c2ccccc2)CC1. The van der Waals surface area contributed by atoms with Crippen LogP contribution >= 0.6 is 0 Å². The molecule has 0 saturated carbocycles. The van der Waals surface area contributed by atoms with Crippen LogP contribution in [-0.4, -0.2) is 84.4 Å². The van der Waals surface area contributed by atoms with E-state index in [0.29, 0.717) is 23.2 Å². The number of carbonyl (C=O) groups excluding carboxylic acids is 3. The smallest absolute Gasteiger partial charge is 0.338 e. The molecule has 7 nitrogen and oxygen atoms in total. The van der Waals surface area contributed by atoms with E-state index in [-0.39, 0.29) is 18.4 Å². The van der Waals surface area contributed by atoms with Gasteiger partial charge in [-0.25, -0.2) is 4.79 Å². The van der Waals surface area contributed by atoms with Crippen LogP contribution in [0, 0.1) is 0 Å². The van der Waals surface area contributed by atoms with Gasteiger partial charge in [-0.15, -0.1) is 0 Å². The number of nitrogens with zero attached hydrogens (tertiary/aromatic N) is 3. The number of benzene rings is 2. The lowest BCUT2D eigenvalue weighted by atomic mass is 10.1. The van der Waals surface area contributed by atoms with Crippen molar-refractivity contribution in [2.24, 2.45) is 0 Å². The summed E-state index contributed by atoms with van der Waals surface area (Å²) in [4.78, 5) is 44.1. The van der Waals surface area contributed by atoms with Gasteiger partial charge < -0.3 is 9.64 Å². The predicted octanol–water partition coefficient (Wildman–Crippen LogP) is 2.15. The van der Waals surface area contributed by atoms with Gasteiger partial charge >= 0.3 is 5.97 Å². The van der Waals surface area contributed by atoms with Crippen LogP contribution in [0.1, 0.15) is 38.0 Å². The molecule has 2 aliphatic heterocycles. The van der Waals surface area contributed by atoms with Crippen molar-refractivity contribution >= 4 is 17.8 Å². The van der Waals surface area contributed by atoms with Crippen LogP contribution in [0.15, 0.2) is 54.6 Å². The molecule has 31 heavy (non-hydrogen) atoms. The highest BCUT2D eigenvalue weighted by Gasteiger charge is 2.37. The predicted molar refractivity (Wildman–Crippen MR) is 116 cm³/mol. The molecule has 2 aliphatic rings. The third kappa shape index (κ3) is 4.68. The summed E-state index contributed by atoms with van der Waals surface area (Å²) >= 11 is 0. The molecule has 2 aromatic carbocycles. The topological polar surface area (TPSA) is 70.2 Å². The second-order valence-corrected chi connectivity index (χ2v) is 7.89. The van der Waals surface area contributed by atoms with Gasteiger partial charge in [-0.3, -0.25) is 19.4 Å². The van der Waals surface area contributed by atoms with Crippen molar-refractivity contribution in [2.75, 3.05) is 45.8 Å². The Morgan fingerprint density at radius 1 is 0.839 bits per heavy atom. The second kappa shape index (κ2) is 9.41. The van der Waals surface area contributed by atoms with Gasteiger partial charge in [-0.2, -0.15) is 0 Å². The Morgan fingerprint density at radius 2 is 1.39 bits per heavy atom. The fourth-order valence-corrected chi connectivity index (χ4v) is 4.11. The van der Waals surface area contributed by atoms with Crippen molar-refractivity contribution in [1.29, 1.82) is 0 Å².